The molecule has 0 aromatic carbocycles. The average molecular weight is 287 g/mol. The highest BCUT2D eigenvalue weighted by molar-refractivity contribution is 7.91. The van der Waals surface area contributed by atoms with Gasteiger partial charge >= 0.3 is 0 Å². The maximum Gasteiger partial charge on any atom is 0.226 e. The third-order valence-electron chi connectivity index (χ3n) is 3.43. The minimum Gasteiger partial charge on any atom is -0.339 e. The third kappa shape index (κ3) is 4.28. The molecule has 1 unspecified atom stereocenters. The summed E-state index contributed by atoms with van der Waals surface area (Å²) in [6.45, 7) is 0.737. The van der Waals surface area contributed by atoms with Gasteiger partial charge in [-0.05, 0) is 25.8 Å². The van der Waals surface area contributed by atoms with Crippen LogP contribution in [0.1, 0.15) is 49.7 Å². The first-order valence-corrected chi connectivity index (χ1v) is 8.66. The van der Waals surface area contributed by atoms with Gasteiger partial charge in [-0.15, -0.1) is 0 Å². The number of sulfone groups is 1. The molecule has 0 amide bonds. The van der Waals surface area contributed by atoms with Crippen molar-refractivity contribution in [1.29, 1.82) is 0 Å². The highest BCUT2D eigenvalue weighted by Crippen LogP contribution is 2.26. The van der Waals surface area contributed by atoms with Gasteiger partial charge in [0.2, 0.25) is 5.89 Å². The molecular weight excluding hydrogens is 266 g/mol. The number of unbranched alkanes of at least 4 members (excludes halogenated alkanes) is 3. The van der Waals surface area contributed by atoms with Gasteiger partial charge in [0.15, 0.2) is 15.7 Å². The standard InChI is InChI=1S/C12H21N3O3S/c13-7-4-2-1-3-5-11-14-12(15-18-11)10-6-8-19(16,17)9-10/h10H,1-9,13H2. The first-order valence-electron chi connectivity index (χ1n) is 6.84. The summed E-state index contributed by atoms with van der Waals surface area (Å²) >= 11 is 0. The molecule has 0 radical (unpaired) electrons. The summed E-state index contributed by atoms with van der Waals surface area (Å²) in [5, 5.41) is 3.91. The van der Waals surface area contributed by atoms with Crippen molar-refractivity contribution in [2.75, 3.05) is 18.1 Å². The Hall–Kier alpha value is -0.950. The molecule has 1 fully saturated rings. The van der Waals surface area contributed by atoms with Gasteiger partial charge in [0.1, 0.15) is 0 Å². The van der Waals surface area contributed by atoms with Crippen molar-refractivity contribution >= 4 is 9.84 Å². The lowest BCUT2D eigenvalue weighted by Crippen LogP contribution is -2.05. The van der Waals surface area contributed by atoms with Crippen LogP contribution < -0.4 is 5.73 Å². The SMILES string of the molecule is NCCCCCCc1nc(C2CCS(=O)(=O)C2)no1. The van der Waals surface area contributed by atoms with E-state index < -0.39 is 9.84 Å². The molecule has 1 saturated heterocycles. The van der Waals surface area contributed by atoms with Gasteiger partial charge in [0, 0.05) is 12.3 Å². The fourth-order valence-corrected chi connectivity index (χ4v) is 4.05. The van der Waals surface area contributed by atoms with Crippen LogP contribution in [0.4, 0.5) is 0 Å². The van der Waals surface area contributed by atoms with E-state index in [0.717, 1.165) is 38.6 Å². The maximum atomic E-state index is 11.4. The summed E-state index contributed by atoms with van der Waals surface area (Å²) in [6.07, 6.45) is 5.65. The van der Waals surface area contributed by atoms with E-state index in [1.807, 2.05) is 0 Å². The Labute approximate surface area is 113 Å². The number of aromatic nitrogens is 2. The Kier molecular flexibility index (Phi) is 4.93. The van der Waals surface area contributed by atoms with Crippen LogP contribution in [0.25, 0.3) is 0 Å². The summed E-state index contributed by atoms with van der Waals surface area (Å²) in [5.74, 6) is 1.48. The van der Waals surface area contributed by atoms with Gasteiger partial charge in [-0.3, -0.25) is 0 Å². The average Bonchev–Trinajstić information content (AvgIpc) is 2.95. The van der Waals surface area contributed by atoms with Gasteiger partial charge in [-0.25, -0.2) is 8.42 Å². The van der Waals surface area contributed by atoms with Gasteiger partial charge in [0.05, 0.1) is 11.5 Å². The second kappa shape index (κ2) is 6.47. The molecule has 0 bridgehead atoms. The summed E-state index contributed by atoms with van der Waals surface area (Å²) < 4.78 is 28.0. The highest BCUT2D eigenvalue weighted by atomic mass is 32.2. The van der Waals surface area contributed by atoms with Crippen molar-refractivity contribution in [2.45, 2.75) is 44.4 Å². The normalized spacial score (nSPS) is 21.8. The molecule has 0 spiro atoms. The van der Waals surface area contributed by atoms with Crippen LogP contribution >= 0.6 is 0 Å². The second-order valence-electron chi connectivity index (χ2n) is 5.10. The predicted octanol–water partition coefficient (Wildman–Crippen LogP) is 1.03. The molecule has 1 aliphatic rings. The van der Waals surface area contributed by atoms with E-state index in [1.54, 1.807) is 0 Å². The van der Waals surface area contributed by atoms with Crippen molar-refractivity contribution in [2.24, 2.45) is 5.73 Å². The molecule has 6 nitrogen and oxygen atoms in total. The van der Waals surface area contributed by atoms with E-state index in [2.05, 4.69) is 10.1 Å². The number of nitrogens with two attached hydrogens (primary N) is 1. The van der Waals surface area contributed by atoms with E-state index in [9.17, 15) is 8.42 Å². The molecule has 1 aromatic rings. The second-order valence-corrected chi connectivity index (χ2v) is 7.33. The van der Waals surface area contributed by atoms with Crippen LogP contribution in [-0.2, 0) is 16.3 Å². The van der Waals surface area contributed by atoms with Crippen molar-refractivity contribution in [3.8, 4) is 0 Å². The largest absolute Gasteiger partial charge is 0.339 e. The maximum absolute atomic E-state index is 11.4. The zero-order valence-electron chi connectivity index (χ0n) is 11.0. The fourth-order valence-electron chi connectivity index (χ4n) is 2.31. The number of rotatable bonds is 7. The lowest BCUT2D eigenvalue weighted by Gasteiger charge is -1.98. The van der Waals surface area contributed by atoms with Crippen molar-refractivity contribution in [3.05, 3.63) is 11.7 Å². The third-order valence-corrected chi connectivity index (χ3v) is 5.19. The molecular formula is C12H21N3O3S. The summed E-state index contributed by atoms with van der Waals surface area (Å²) in [7, 11) is -2.90. The minimum atomic E-state index is -2.90. The topological polar surface area (TPSA) is 99.1 Å². The van der Waals surface area contributed by atoms with Crippen LogP contribution in [0.2, 0.25) is 0 Å². The highest BCUT2D eigenvalue weighted by Gasteiger charge is 2.32. The van der Waals surface area contributed by atoms with Crippen LogP contribution in [0, 0.1) is 0 Å². The molecule has 2 N–H and O–H groups in total. The minimum absolute atomic E-state index is 0.0836. The molecule has 108 valence electrons. The zero-order chi connectivity index (χ0) is 13.7. The molecule has 1 aromatic heterocycles. The molecule has 0 saturated carbocycles. The van der Waals surface area contributed by atoms with Crippen LogP contribution in [-0.4, -0.2) is 36.6 Å². The molecule has 2 heterocycles. The van der Waals surface area contributed by atoms with E-state index in [1.165, 1.54) is 0 Å². The van der Waals surface area contributed by atoms with E-state index in [-0.39, 0.29) is 17.4 Å². The van der Waals surface area contributed by atoms with Crippen LogP contribution in [0.15, 0.2) is 4.52 Å². The molecule has 1 aliphatic heterocycles. The zero-order valence-corrected chi connectivity index (χ0v) is 11.9. The Balaban J connectivity index is 1.79. The summed E-state index contributed by atoms with van der Waals surface area (Å²) in [5.41, 5.74) is 5.43. The van der Waals surface area contributed by atoms with E-state index in [4.69, 9.17) is 10.3 Å². The monoisotopic (exact) mass is 287 g/mol. The number of hydrogen-bond acceptors (Lipinski definition) is 6. The van der Waals surface area contributed by atoms with E-state index in [0.29, 0.717) is 18.1 Å². The molecule has 2 rings (SSSR count). The summed E-state index contributed by atoms with van der Waals surface area (Å²) in [6, 6.07) is 0. The van der Waals surface area contributed by atoms with Crippen molar-refractivity contribution in [3.63, 3.8) is 0 Å². The molecule has 1 atom stereocenters. The molecule has 19 heavy (non-hydrogen) atoms. The molecule has 7 heteroatoms. The Morgan fingerprint density at radius 2 is 2.05 bits per heavy atom. The Morgan fingerprint density at radius 3 is 2.74 bits per heavy atom. The number of aryl methyl sites for hydroxylation is 1. The molecule has 0 aliphatic carbocycles. The number of nitrogens with zero attached hydrogens (tertiary/aromatic N) is 2. The predicted molar refractivity (Wildman–Crippen MR) is 71.5 cm³/mol. The first-order chi connectivity index (χ1) is 9.11. The van der Waals surface area contributed by atoms with E-state index >= 15 is 0 Å². The van der Waals surface area contributed by atoms with Crippen LogP contribution in [0.3, 0.4) is 0 Å². The smallest absolute Gasteiger partial charge is 0.226 e. The first kappa shape index (κ1) is 14.5. The Bertz CT molecular complexity index is 498. The summed E-state index contributed by atoms with van der Waals surface area (Å²) in [4.78, 5) is 4.31. The van der Waals surface area contributed by atoms with Gasteiger partial charge in [0.25, 0.3) is 0 Å². The van der Waals surface area contributed by atoms with Gasteiger partial charge in [-0.2, -0.15) is 4.98 Å². The quantitative estimate of drug-likeness (QED) is 0.752. The van der Waals surface area contributed by atoms with Crippen LogP contribution in [0.5, 0.6) is 0 Å². The van der Waals surface area contributed by atoms with Crippen molar-refractivity contribution in [1.82, 2.24) is 10.1 Å². The van der Waals surface area contributed by atoms with Gasteiger partial charge in [-0.1, -0.05) is 18.0 Å². The lowest BCUT2D eigenvalue weighted by atomic mass is 10.1. The van der Waals surface area contributed by atoms with Gasteiger partial charge < -0.3 is 10.3 Å². The van der Waals surface area contributed by atoms with Crippen molar-refractivity contribution < 1.29 is 12.9 Å². The Morgan fingerprint density at radius 1 is 1.26 bits per heavy atom. The lowest BCUT2D eigenvalue weighted by molar-refractivity contribution is 0.366. The number of hydrogen-bond donors (Lipinski definition) is 1. The fraction of sp³-hybridized carbons (Fsp3) is 0.833.